The number of rotatable bonds is 6. The largest absolute Gasteiger partial charge is 0.481 e. The molecule has 1 aliphatic heterocycles. The molecule has 2 N–H and O–H groups in total. The summed E-state index contributed by atoms with van der Waals surface area (Å²) in [4.78, 5) is 24.7. The van der Waals surface area contributed by atoms with Gasteiger partial charge in [-0.2, -0.15) is 0 Å². The van der Waals surface area contributed by atoms with Gasteiger partial charge in [-0.3, -0.25) is 4.79 Å². The number of urea groups is 1. The molecule has 0 saturated carbocycles. The minimum Gasteiger partial charge on any atom is -0.481 e. The zero-order valence-electron chi connectivity index (χ0n) is 12.6. The highest BCUT2D eigenvalue weighted by Gasteiger charge is 2.28. The van der Waals surface area contributed by atoms with Gasteiger partial charge in [0.1, 0.15) is 0 Å². The number of carboxylic acids is 1. The number of aliphatic carboxylic acids is 1. The maximum absolute atomic E-state index is 12.1. The van der Waals surface area contributed by atoms with Crippen LogP contribution in [0.25, 0.3) is 0 Å². The van der Waals surface area contributed by atoms with Crippen molar-refractivity contribution in [1.82, 2.24) is 10.2 Å². The van der Waals surface area contributed by atoms with Crippen LogP contribution in [-0.2, 0) is 9.53 Å². The highest BCUT2D eigenvalue weighted by atomic mass is 16.5. The third-order valence-corrected chi connectivity index (χ3v) is 3.76. The van der Waals surface area contributed by atoms with Gasteiger partial charge < -0.3 is 20.1 Å². The number of piperidine rings is 1. The van der Waals surface area contributed by atoms with Crippen molar-refractivity contribution in [2.75, 3.05) is 33.4 Å². The van der Waals surface area contributed by atoms with E-state index in [1.165, 1.54) is 0 Å². The van der Waals surface area contributed by atoms with Crippen molar-refractivity contribution in [2.24, 2.45) is 11.3 Å². The van der Waals surface area contributed by atoms with Crippen molar-refractivity contribution in [3.63, 3.8) is 0 Å². The van der Waals surface area contributed by atoms with Gasteiger partial charge in [-0.05, 0) is 24.7 Å². The SMILES string of the molecule is COCCC(C)(C)CNC(=O)N1CCC[C@@H](C(=O)O)C1. The normalized spacial score (nSPS) is 19.8. The van der Waals surface area contributed by atoms with Crippen molar-refractivity contribution in [2.45, 2.75) is 33.1 Å². The average Bonchev–Trinajstić information content (AvgIpc) is 2.43. The summed E-state index contributed by atoms with van der Waals surface area (Å²) in [6.07, 6.45) is 2.26. The van der Waals surface area contributed by atoms with E-state index in [9.17, 15) is 9.59 Å². The first kappa shape index (κ1) is 16.8. The molecule has 0 bridgehead atoms. The molecule has 0 spiro atoms. The predicted octanol–water partition coefficient (Wildman–Crippen LogP) is 1.56. The van der Waals surface area contributed by atoms with E-state index in [0.29, 0.717) is 32.7 Å². The van der Waals surface area contributed by atoms with Crippen molar-refractivity contribution in [3.05, 3.63) is 0 Å². The Balaban J connectivity index is 2.40. The van der Waals surface area contributed by atoms with Crippen LogP contribution in [0.1, 0.15) is 33.1 Å². The molecule has 1 fully saturated rings. The van der Waals surface area contributed by atoms with Gasteiger partial charge in [0.05, 0.1) is 5.92 Å². The molecule has 0 unspecified atom stereocenters. The summed E-state index contributed by atoms with van der Waals surface area (Å²) in [6.45, 7) is 6.30. The van der Waals surface area contributed by atoms with E-state index in [1.54, 1.807) is 12.0 Å². The van der Waals surface area contributed by atoms with Gasteiger partial charge in [0, 0.05) is 33.4 Å². The molecule has 6 nitrogen and oxygen atoms in total. The van der Waals surface area contributed by atoms with Crippen LogP contribution >= 0.6 is 0 Å². The van der Waals surface area contributed by atoms with Crippen LogP contribution < -0.4 is 5.32 Å². The zero-order valence-corrected chi connectivity index (χ0v) is 12.6. The van der Waals surface area contributed by atoms with E-state index in [0.717, 1.165) is 12.8 Å². The number of carboxylic acid groups (broad SMARTS) is 1. The number of hydrogen-bond donors (Lipinski definition) is 2. The molecule has 2 amide bonds. The molecule has 0 radical (unpaired) electrons. The van der Waals surface area contributed by atoms with Crippen molar-refractivity contribution >= 4 is 12.0 Å². The first-order chi connectivity index (χ1) is 9.35. The number of likely N-dealkylation sites (tertiary alicyclic amines) is 1. The van der Waals surface area contributed by atoms with Crippen LogP contribution in [-0.4, -0.2) is 55.4 Å². The molecule has 1 aliphatic rings. The van der Waals surface area contributed by atoms with Crippen molar-refractivity contribution in [1.29, 1.82) is 0 Å². The topological polar surface area (TPSA) is 78.9 Å². The zero-order chi connectivity index (χ0) is 15.2. The first-order valence-electron chi connectivity index (χ1n) is 7.10. The Morgan fingerprint density at radius 3 is 2.75 bits per heavy atom. The number of carbonyl (C=O) groups is 2. The molecule has 6 heteroatoms. The van der Waals surface area contributed by atoms with Gasteiger partial charge in [-0.15, -0.1) is 0 Å². The lowest BCUT2D eigenvalue weighted by Crippen LogP contribution is -2.48. The van der Waals surface area contributed by atoms with E-state index in [-0.39, 0.29) is 11.4 Å². The molecule has 1 heterocycles. The molecule has 0 aliphatic carbocycles. The second kappa shape index (κ2) is 7.47. The Bertz CT molecular complexity index is 344. The molecule has 0 aromatic heterocycles. The molecule has 0 aromatic rings. The van der Waals surface area contributed by atoms with E-state index < -0.39 is 11.9 Å². The number of amides is 2. The van der Waals surface area contributed by atoms with E-state index in [4.69, 9.17) is 9.84 Å². The Morgan fingerprint density at radius 1 is 1.45 bits per heavy atom. The van der Waals surface area contributed by atoms with Crippen LogP contribution in [0, 0.1) is 11.3 Å². The summed E-state index contributed by atoms with van der Waals surface area (Å²) in [7, 11) is 1.66. The van der Waals surface area contributed by atoms with Gasteiger partial charge in [-0.1, -0.05) is 13.8 Å². The molecule has 20 heavy (non-hydrogen) atoms. The summed E-state index contributed by atoms with van der Waals surface area (Å²) < 4.78 is 5.05. The summed E-state index contributed by atoms with van der Waals surface area (Å²) in [6, 6.07) is -0.165. The molecular weight excluding hydrogens is 260 g/mol. The lowest BCUT2D eigenvalue weighted by atomic mass is 9.90. The lowest BCUT2D eigenvalue weighted by Gasteiger charge is -2.32. The fourth-order valence-electron chi connectivity index (χ4n) is 2.26. The van der Waals surface area contributed by atoms with Gasteiger partial charge in [0.25, 0.3) is 0 Å². The number of ether oxygens (including phenoxy) is 1. The third kappa shape index (κ3) is 5.36. The maximum Gasteiger partial charge on any atom is 0.317 e. The Kier molecular flexibility index (Phi) is 6.26. The highest BCUT2D eigenvalue weighted by Crippen LogP contribution is 2.20. The van der Waals surface area contributed by atoms with Crippen LogP contribution in [0.15, 0.2) is 0 Å². The third-order valence-electron chi connectivity index (χ3n) is 3.76. The van der Waals surface area contributed by atoms with E-state index >= 15 is 0 Å². The van der Waals surface area contributed by atoms with Gasteiger partial charge in [0.15, 0.2) is 0 Å². The number of nitrogens with zero attached hydrogens (tertiary/aromatic N) is 1. The molecule has 1 saturated heterocycles. The van der Waals surface area contributed by atoms with Gasteiger partial charge in [0.2, 0.25) is 0 Å². The molecule has 1 rings (SSSR count). The Hall–Kier alpha value is -1.30. The summed E-state index contributed by atoms with van der Waals surface area (Å²) >= 11 is 0. The molecule has 1 atom stereocenters. The Morgan fingerprint density at radius 2 is 2.15 bits per heavy atom. The minimum absolute atomic E-state index is 0.0341. The maximum atomic E-state index is 12.1. The predicted molar refractivity (Wildman–Crippen MR) is 75.6 cm³/mol. The van der Waals surface area contributed by atoms with Crippen LogP contribution in [0.3, 0.4) is 0 Å². The number of nitrogens with one attached hydrogen (secondary N) is 1. The summed E-state index contributed by atoms with van der Waals surface area (Å²) in [5.74, 6) is -1.25. The fraction of sp³-hybridized carbons (Fsp3) is 0.857. The smallest absolute Gasteiger partial charge is 0.317 e. The van der Waals surface area contributed by atoms with Crippen LogP contribution in [0.5, 0.6) is 0 Å². The second-order valence-electron chi connectivity index (χ2n) is 6.19. The van der Waals surface area contributed by atoms with E-state index in [2.05, 4.69) is 19.2 Å². The van der Waals surface area contributed by atoms with Crippen molar-refractivity contribution < 1.29 is 19.4 Å². The molecular formula is C14H26N2O4. The Labute approximate surface area is 120 Å². The number of hydrogen-bond acceptors (Lipinski definition) is 3. The first-order valence-corrected chi connectivity index (χ1v) is 7.10. The van der Waals surface area contributed by atoms with Gasteiger partial charge in [-0.25, -0.2) is 4.79 Å². The number of carbonyl (C=O) groups excluding carboxylic acids is 1. The molecule has 0 aromatic carbocycles. The monoisotopic (exact) mass is 286 g/mol. The quantitative estimate of drug-likeness (QED) is 0.776. The van der Waals surface area contributed by atoms with Crippen molar-refractivity contribution in [3.8, 4) is 0 Å². The standard InChI is InChI=1S/C14H26N2O4/c1-14(2,6-8-20-3)10-15-13(19)16-7-4-5-11(9-16)12(17)18/h11H,4-10H2,1-3H3,(H,15,19)(H,17,18)/t11-/m1/s1. The summed E-state index contributed by atoms with van der Waals surface area (Å²) in [5, 5.41) is 11.9. The van der Waals surface area contributed by atoms with E-state index in [1.807, 2.05) is 0 Å². The van der Waals surface area contributed by atoms with Gasteiger partial charge >= 0.3 is 12.0 Å². The van der Waals surface area contributed by atoms with Crippen LogP contribution in [0.2, 0.25) is 0 Å². The molecule has 116 valence electrons. The van der Waals surface area contributed by atoms with Crippen LogP contribution in [0.4, 0.5) is 4.79 Å². The number of methoxy groups -OCH3 is 1. The fourth-order valence-corrected chi connectivity index (χ4v) is 2.26. The lowest BCUT2D eigenvalue weighted by molar-refractivity contribution is -0.143. The highest BCUT2D eigenvalue weighted by molar-refractivity contribution is 5.76. The summed E-state index contributed by atoms with van der Waals surface area (Å²) in [5.41, 5.74) is -0.0341. The minimum atomic E-state index is -0.817. The second-order valence-corrected chi connectivity index (χ2v) is 6.19. The average molecular weight is 286 g/mol.